The molecule has 2 aromatic rings. The number of ether oxygens (including phenoxy) is 1. The lowest BCUT2D eigenvalue weighted by molar-refractivity contribution is 0.0206. The van der Waals surface area contributed by atoms with Crippen molar-refractivity contribution in [1.82, 2.24) is 19.9 Å². The van der Waals surface area contributed by atoms with E-state index in [9.17, 15) is 9.18 Å². The average Bonchev–Trinajstić information content (AvgIpc) is 2.61. The van der Waals surface area contributed by atoms with E-state index in [0.29, 0.717) is 30.3 Å². The molecule has 144 valence electrons. The number of nitrogens with one attached hydrogen (secondary N) is 1. The van der Waals surface area contributed by atoms with Crippen molar-refractivity contribution in [2.45, 2.75) is 45.3 Å². The molecule has 1 aliphatic heterocycles. The first-order valence-electron chi connectivity index (χ1n) is 9.00. The molecular weight excluding hydrogens is 349 g/mol. The summed E-state index contributed by atoms with van der Waals surface area (Å²) < 4.78 is 19.3. The molecule has 1 saturated heterocycles. The first kappa shape index (κ1) is 19.0. The number of carbonyl (C=O) groups is 1. The number of aromatic nitrogens is 3. The Morgan fingerprint density at radius 1 is 1.30 bits per heavy atom. The van der Waals surface area contributed by atoms with Gasteiger partial charge in [-0.25, -0.2) is 19.7 Å². The second-order valence-electron chi connectivity index (χ2n) is 7.52. The molecule has 3 heterocycles. The predicted octanol–water partition coefficient (Wildman–Crippen LogP) is 3.49. The molecule has 2 aromatic heterocycles. The van der Waals surface area contributed by atoms with Crippen LogP contribution in [0.25, 0.3) is 11.3 Å². The van der Waals surface area contributed by atoms with Gasteiger partial charge >= 0.3 is 6.09 Å². The summed E-state index contributed by atoms with van der Waals surface area (Å²) in [6.07, 6.45) is 4.39. The summed E-state index contributed by atoms with van der Waals surface area (Å²) in [5.74, 6) is -0.178. The zero-order valence-corrected chi connectivity index (χ0v) is 15.8. The Bertz CT molecular complexity index is 809. The van der Waals surface area contributed by atoms with Gasteiger partial charge in [0.15, 0.2) is 0 Å². The molecule has 0 radical (unpaired) electrons. The van der Waals surface area contributed by atoms with E-state index in [-0.39, 0.29) is 12.1 Å². The molecule has 0 unspecified atom stereocenters. The first-order chi connectivity index (χ1) is 12.8. The van der Waals surface area contributed by atoms with Gasteiger partial charge in [0.1, 0.15) is 5.60 Å². The van der Waals surface area contributed by atoms with Crippen LogP contribution in [0, 0.1) is 5.95 Å². The number of amides is 1. The normalized spacial score (nSPS) is 17.5. The van der Waals surface area contributed by atoms with Crippen LogP contribution >= 0.6 is 0 Å². The molecule has 1 aliphatic rings. The van der Waals surface area contributed by atoms with Crippen LogP contribution in [-0.2, 0) is 4.74 Å². The third-order valence-corrected chi connectivity index (χ3v) is 4.10. The number of anilines is 1. The summed E-state index contributed by atoms with van der Waals surface area (Å²) >= 11 is 0. The van der Waals surface area contributed by atoms with Gasteiger partial charge in [0.2, 0.25) is 11.9 Å². The smallest absolute Gasteiger partial charge is 0.410 e. The van der Waals surface area contributed by atoms with Gasteiger partial charge in [-0.15, -0.1) is 0 Å². The maximum atomic E-state index is 13.9. The number of piperidine rings is 1. The van der Waals surface area contributed by atoms with E-state index in [2.05, 4.69) is 20.3 Å². The summed E-state index contributed by atoms with van der Waals surface area (Å²) in [6.45, 7) is 6.71. The third kappa shape index (κ3) is 5.12. The van der Waals surface area contributed by atoms with Crippen LogP contribution in [-0.4, -0.2) is 50.7 Å². The van der Waals surface area contributed by atoms with Crippen LogP contribution in [0.1, 0.15) is 33.6 Å². The van der Waals surface area contributed by atoms with Gasteiger partial charge in [-0.05, 0) is 51.8 Å². The Morgan fingerprint density at radius 2 is 2.11 bits per heavy atom. The van der Waals surface area contributed by atoms with Crippen LogP contribution in [0.3, 0.4) is 0 Å². The largest absolute Gasteiger partial charge is 0.444 e. The molecule has 3 rings (SSSR count). The standard InChI is InChI=1S/C19H24FN5O2/c1-19(2,3)27-18(26)25-11-5-6-13(12-25)23-17-22-10-8-15(24-17)14-7-4-9-21-16(14)20/h4,7-10,13H,5-6,11-12H2,1-3H3,(H,22,23,24)/t13-/m0/s1. The Morgan fingerprint density at radius 3 is 2.85 bits per heavy atom. The van der Waals surface area contributed by atoms with Crippen molar-refractivity contribution in [3.05, 3.63) is 36.5 Å². The van der Waals surface area contributed by atoms with Crippen molar-refractivity contribution in [2.75, 3.05) is 18.4 Å². The number of hydrogen-bond donors (Lipinski definition) is 1. The second-order valence-corrected chi connectivity index (χ2v) is 7.52. The van der Waals surface area contributed by atoms with Crippen LogP contribution in [0.2, 0.25) is 0 Å². The summed E-state index contributed by atoms with van der Waals surface area (Å²) in [7, 11) is 0. The zero-order chi connectivity index (χ0) is 19.4. The van der Waals surface area contributed by atoms with E-state index >= 15 is 0 Å². The minimum Gasteiger partial charge on any atom is -0.444 e. The van der Waals surface area contributed by atoms with Crippen molar-refractivity contribution in [3.8, 4) is 11.3 Å². The number of nitrogens with zero attached hydrogens (tertiary/aromatic N) is 4. The van der Waals surface area contributed by atoms with E-state index in [1.807, 2.05) is 20.8 Å². The van der Waals surface area contributed by atoms with Crippen molar-refractivity contribution < 1.29 is 13.9 Å². The Hall–Kier alpha value is -2.77. The van der Waals surface area contributed by atoms with Crippen LogP contribution < -0.4 is 5.32 Å². The molecule has 1 atom stereocenters. The highest BCUT2D eigenvalue weighted by atomic mass is 19.1. The number of halogens is 1. The number of hydrogen-bond acceptors (Lipinski definition) is 6. The summed E-state index contributed by atoms with van der Waals surface area (Å²) in [6, 6.07) is 4.92. The summed E-state index contributed by atoms with van der Waals surface area (Å²) in [4.78, 5) is 26.2. The molecule has 1 amide bonds. The van der Waals surface area contributed by atoms with Gasteiger partial charge in [0.05, 0.1) is 11.3 Å². The van der Waals surface area contributed by atoms with E-state index in [4.69, 9.17) is 4.74 Å². The lowest BCUT2D eigenvalue weighted by Gasteiger charge is -2.34. The van der Waals surface area contributed by atoms with Crippen LogP contribution in [0.4, 0.5) is 15.1 Å². The van der Waals surface area contributed by atoms with E-state index in [0.717, 1.165) is 12.8 Å². The van der Waals surface area contributed by atoms with Crippen molar-refractivity contribution in [2.24, 2.45) is 0 Å². The molecule has 0 saturated carbocycles. The molecular formula is C19H24FN5O2. The number of carbonyl (C=O) groups excluding carboxylic acids is 1. The lowest BCUT2D eigenvalue weighted by Crippen LogP contribution is -2.47. The molecule has 8 heteroatoms. The fourth-order valence-corrected chi connectivity index (χ4v) is 2.93. The maximum absolute atomic E-state index is 13.9. The molecule has 27 heavy (non-hydrogen) atoms. The highest BCUT2D eigenvalue weighted by Crippen LogP contribution is 2.21. The number of rotatable bonds is 3. The number of pyridine rings is 1. The van der Waals surface area contributed by atoms with Gasteiger partial charge in [0, 0.05) is 31.5 Å². The summed E-state index contributed by atoms with van der Waals surface area (Å²) in [5.41, 5.74) is 0.253. The SMILES string of the molecule is CC(C)(C)OC(=O)N1CCC[C@H](Nc2nccc(-c3cccnc3F)n2)C1. The van der Waals surface area contributed by atoms with Gasteiger partial charge in [-0.1, -0.05) is 0 Å². The molecule has 7 nitrogen and oxygen atoms in total. The Balaban J connectivity index is 1.68. The van der Waals surface area contributed by atoms with E-state index in [1.54, 1.807) is 29.3 Å². The second kappa shape index (κ2) is 7.85. The number of likely N-dealkylation sites (tertiary alicyclic amines) is 1. The zero-order valence-electron chi connectivity index (χ0n) is 15.8. The van der Waals surface area contributed by atoms with Crippen molar-refractivity contribution in [3.63, 3.8) is 0 Å². The van der Waals surface area contributed by atoms with Gasteiger partial charge in [0.25, 0.3) is 0 Å². The fraction of sp³-hybridized carbons (Fsp3) is 0.474. The molecule has 0 spiro atoms. The summed E-state index contributed by atoms with van der Waals surface area (Å²) in [5, 5.41) is 3.24. The maximum Gasteiger partial charge on any atom is 0.410 e. The lowest BCUT2D eigenvalue weighted by atomic mass is 10.1. The quantitative estimate of drug-likeness (QED) is 0.830. The van der Waals surface area contributed by atoms with Gasteiger partial charge in [-0.2, -0.15) is 4.39 Å². The highest BCUT2D eigenvalue weighted by Gasteiger charge is 2.28. The van der Waals surface area contributed by atoms with E-state index in [1.165, 1.54) is 6.20 Å². The topological polar surface area (TPSA) is 80.2 Å². The van der Waals surface area contributed by atoms with Crippen molar-refractivity contribution in [1.29, 1.82) is 0 Å². The van der Waals surface area contributed by atoms with Crippen molar-refractivity contribution >= 4 is 12.0 Å². The molecule has 1 fully saturated rings. The van der Waals surface area contributed by atoms with Gasteiger partial charge < -0.3 is 15.0 Å². The molecule has 0 bridgehead atoms. The van der Waals surface area contributed by atoms with Gasteiger partial charge in [-0.3, -0.25) is 0 Å². The first-order valence-corrected chi connectivity index (χ1v) is 9.00. The minimum absolute atomic E-state index is 0.000244. The van der Waals surface area contributed by atoms with E-state index < -0.39 is 11.5 Å². The van der Waals surface area contributed by atoms with Crippen LogP contribution in [0.5, 0.6) is 0 Å². The highest BCUT2D eigenvalue weighted by molar-refractivity contribution is 5.68. The average molecular weight is 373 g/mol. The monoisotopic (exact) mass is 373 g/mol. The molecule has 0 aromatic carbocycles. The minimum atomic E-state index is -0.573. The molecule has 1 N–H and O–H groups in total. The van der Waals surface area contributed by atoms with Crippen LogP contribution in [0.15, 0.2) is 30.6 Å². The fourth-order valence-electron chi connectivity index (χ4n) is 2.93. The Labute approximate surface area is 158 Å². The Kier molecular flexibility index (Phi) is 5.53. The third-order valence-electron chi connectivity index (χ3n) is 4.10. The molecule has 0 aliphatic carbocycles. The predicted molar refractivity (Wildman–Crippen MR) is 99.7 cm³/mol.